The summed E-state index contributed by atoms with van der Waals surface area (Å²) >= 11 is 1.97. The second-order valence-electron chi connectivity index (χ2n) is 5.43. The van der Waals surface area contributed by atoms with Crippen molar-refractivity contribution in [3.63, 3.8) is 0 Å². The highest BCUT2D eigenvalue weighted by molar-refractivity contribution is 14.1. The lowest BCUT2D eigenvalue weighted by atomic mass is 10.1. The summed E-state index contributed by atoms with van der Waals surface area (Å²) in [5.74, 6) is -1.85. The number of nitrogens with one attached hydrogen (secondary N) is 2. The molecule has 1 aliphatic rings. The van der Waals surface area contributed by atoms with E-state index in [4.69, 9.17) is 0 Å². The summed E-state index contributed by atoms with van der Waals surface area (Å²) in [6, 6.07) is 10.3. The van der Waals surface area contributed by atoms with Gasteiger partial charge in [-0.2, -0.15) is 8.42 Å². The van der Waals surface area contributed by atoms with Gasteiger partial charge in [-0.25, -0.2) is 4.39 Å². The Bertz CT molecular complexity index is 1010. The van der Waals surface area contributed by atoms with Crippen LogP contribution < -0.4 is 10.6 Å². The van der Waals surface area contributed by atoms with Crippen LogP contribution in [-0.2, 0) is 14.8 Å². The molecule has 10 heteroatoms. The highest BCUT2D eigenvalue weighted by Crippen LogP contribution is 2.28. The highest BCUT2D eigenvalue weighted by atomic mass is 127. The normalized spacial score (nSPS) is 16.0. The SMILES string of the molecule is O=C(NCC(O)c1ccccc1F)C1=NS(=O)(=O)c2cc(I)ccc2N1. The number of anilines is 1. The Balaban J connectivity index is 1.74. The summed E-state index contributed by atoms with van der Waals surface area (Å²) in [5.41, 5.74) is 0.263. The van der Waals surface area contributed by atoms with Gasteiger partial charge in [0.1, 0.15) is 10.7 Å². The lowest BCUT2D eigenvalue weighted by Gasteiger charge is -2.19. The number of aliphatic hydroxyl groups excluding tert-OH is 1. The average molecular weight is 489 g/mol. The van der Waals surface area contributed by atoms with Gasteiger partial charge in [0.15, 0.2) is 0 Å². The molecule has 7 nitrogen and oxygen atoms in total. The molecule has 2 aromatic rings. The number of hydrogen-bond donors (Lipinski definition) is 3. The summed E-state index contributed by atoms with van der Waals surface area (Å²) in [7, 11) is -4.02. The minimum absolute atomic E-state index is 0.0210. The van der Waals surface area contributed by atoms with Crippen molar-refractivity contribution >= 4 is 50.0 Å². The van der Waals surface area contributed by atoms with Crippen molar-refractivity contribution in [3.8, 4) is 0 Å². The van der Waals surface area contributed by atoms with E-state index in [9.17, 15) is 22.7 Å². The predicted octanol–water partition coefficient (Wildman–Crippen LogP) is 1.79. The first-order chi connectivity index (χ1) is 12.3. The van der Waals surface area contributed by atoms with Crippen LogP contribution in [0.3, 0.4) is 0 Å². The Hall–Kier alpha value is -2.05. The first-order valence-electron chi connectivity index (χ1n) is 7.40. The summed E-state index contributed by atoms with van der Waals surface area (Å²) in [5, 5.41) is 15.0. The van der Waals surface area contributed by atoms with Crippen molar-refractivity contribution in [2.45, 2.75) is 11.0 Å². The molecule has 0 spiro atoms. The number of amides is 1. The second-order valence-corrected chi connectivity index (χ2v) is 8.25. The molecule has 1 atom stereocenters. The van der Waals surface area contributed by atoms with Crippen LogP contribution in [0.2, 0.25) is 0 Å². The predicted molar refractivity (Wildman–Crippen MR) is 102 cm³/mol. The number of halogens is 2. The van der Waals surface area contributed by atoms with Gasteiger partial charge in [-0.3, -0.25) is 4.79 Å². The van der Waals surface area contributed by atoms with Gasteiger partial charge in [0.2, 0.25) is 5.84 Å². The zero-order valence-electron chi connectivity index (χ0n) is 13.1. The van der Waals surface area contributed by atoms with E-state index in [1.54, 1.807) is 12.1 Å². The summed E-state index contributed by atoms with van der Waals surface area (Å²) in [6.07, 6.45) is -1.28. The quantitative estimate of drug-likeness (QED) is 0.568. The summed E-state index contributed by atoms with van der Waals surface area (Å²) < 4.78 is 42.3. The number of nitrogens with zero attached hydrogens (tertiary/aromatic N) is 1. The maximum Gasteiger partial charge on any atom is 0.288 e. The third-order valence-electron chi connectivity index (χ3n) is 3.62. The highest BCUT2D eigenvalue weighted by Gasteiger charge is 2.28. The smallest absolute Gasteiger partial charge is 0.288 e. The molecule has 2 aromatic carbocycles. The van der Waals surface area contributed by atoms with Crippen molar-refractivity contribution in [2.75, 3.05) is 11.9 Å². The largest absolute Gasteiger partial charge is 0.386 e. The second kappa shape index (κ2) is 7.29. The van der Waals surface area contributed by atoms with Crippen LogP contribution in [0.4, 0.5) is 10.1 Å². The topological polar surface area (TPSA) is 108 Å². The number of rotatable bonds is 4. The van der Waals surface area contributed by atoms with Gasteiger partial charge >= 0.3 is 0 Å². The molecule has 1 amide bonds. The Kier molecular flexibility index (Phi) is 5.25. The lowest BCUT2D eigenvalue weighted by molar-refractivity contribution is -0.115. The number of aliphatic hydroxyl groups is 1. The molecule has 0 saturated carbocycles. The maximum absolute atomic E-state index is 13.6. The fourth-order valence-electron chi connectivity index (χ4n) is 2.36. The Morgan fingerprint density at radius 2 is 2.04 bits per heavy atom. The minimum atomic E-state index is -4.02. The van der Waals surface area contributed by atoms with E-state index in [1.165, 1.54) is 30.3 Å². The molecule has 0 radical (unpaired) electrons. The van der Waals surface area contributed by atoms with Gasteiger partial charge < -0.3 is 15.7 Å². The van der Waals surface area contributed by atoms with Crippen LogP contribution in [0.1, 0.15) is 11.7 Å². The molecule has 26 heavy (non-hydrogen) atoms. The van der Waals surface area contributed by atoms with E-state index in [0.29, 0.717) is 3.57 Å². The van der Waals surface area contributed by atoms with Gasteiger partial charge in [-0.15, -0.1) is 4.40 Å². The van der Waals surface area contributed by atoms with Crippen LogP contribution in [0.25, 0.3) is 0 Å². The van der Waals surface area contributed by atoms with E-state index >= 15 is 0 Å². The van der Waals surface area contributed by atoms with Crippen LogP contribution >= 0.6 is 22.6 Å². The minimum Gasteiger partial charge on any atom is -0.386 e. The van der Waals surface area contributed by atoms with Crippen LogP contribution in [0, 0.1) is 9.39 Å². The zero-order chi connectivity index (χ0) is 18.9. The summed E-state index contributed by atoms with van der Waals surface area (Å²) in [6.45, 7) is -0.305. The Labute approximate surface area is 162 Å². The van der Waals surface area contributed by atoms with Gasteiger partial charge in [-0.05, 0) is 46.9 Å². The number of fused-ring (bicyclic) bond motifs is 1. The molecule has 1 heterocycles. The average Bonchev–Trinajstić information content (AvgIpc) is 2.60. The number of amidine groups is 1. The van der Waals surface area contributed by atoms with Crippen molar-refractivity contribution in [1.82, 2.24) is 5.32 Å². The standard InChI is InChI=1S/C16H13FIN3O4S/c17-11-4-2-1-3-10(11)13(22)8-19-16(23)15-20-12-6-5-9(18)7-14(12)26(24,25)21-15/h1-7,13,22H,8H2,(H,19,23)(H,20,21). The molecule has 1 unspecified atom stereocenters. The molecule has 0 aliphatic carbocycles. The number of benzene rings is 2. The van der Waals surface area contributed by atoms with Crippen molar-refractivity contribution in [3.05, 3.63) is 57.4 Å². The van der Waals surface area contributed by atoms with Crippen LogP contribution in [0.5, 0.6) is 0 Å². The van der Waals surface area contributed by atoms with E-state index in [1.807, 2.05) is 22.6 Å². The van der Waals surface area contributed by atoms with Crippen molar-refractivity contribution in [1.29, 1.82) is 0 Å². The van der Waals surface area contributed by atoms with E-state index in [0.717, 1.165) is 0 Å². The zero-order valence-corrected chi connectivity index (χ0v) is 16.1. The molecule has 0 saturated heterocycles. The summed E-state index contributed by atoms with van der Waals surface area (Å²) in [4.78, 5) is 12.2. The molecule has 1 aliphatic heterocycles. The molecule has 0 fully saturated rings. The van der Waals surface area contributed by atoms with E-state index < -0.39 is 33.7 Å². The van der Waals surface area contributed by atoms with Crippen molar-refractivity contribution < 1.29 is 22.7 Å². The first-order valence-corrected chi connectivity index (χ1v) is 9.92. The number of hydrogen-bond acceptors (Lipinski definition) is 5. The van der Waals surface area contributed by atoms with Gasteiger partial charge in [0, 0.05) is 15.7 Å². The molecule has 0 bridgehead atoms. The number of carbonyl (C=O) groups is 1. The molecular weight excluding hydrogens is 476 g/mol. The van der Waals surface area contributed by atoms with E-state index in [-0.39, 0.29) is 22.7 Å². The van der Waals surface area contributed by atoms with Gasteiger partial charge in [-0.1, -0.05) is 18.2 Å². The molecule has 3 rings (SSSR count). The maximum atomic E-state index is 13.6. The van der Waals surface area contributed by atoms with Crippen LogP contribution in [0.15, 0.2) is 51.8 Å². The van der Waals surface area contributed by atoms with E-state index in [2.05, 4.69) is 15.0 Å². The fraction of sp³-hybridized carbons (Fsp3) is 0.125. The van der Waals surface area contributed by atoms with Gasteiger partial charge in [0.25, 0.3) is 15.9 Å². The molecule has 136 valence electrons. The van der Waals surface area contributed by atoms with Crippen LogP contribution in [-0.4, -0.2) is 31.8 Å². The Morgan fingerprint density at radius 3 is 2.77 bits per heavy atom. The third-order valence-corrected chi connectivity index (χ3v) is 5.61. The van der Waals surface area contributed by atoms with Gasteiger partial charge in [0.05, 0.1) is 11.8 Å². The fourth-order valence-corrected chi connectivity index (χ4v) is 4.20. The molecular formula is C16H13FIN3O4S. The number of carbonyl (C=O) groups excluding carboxylic acids is 1. The first kappa shape index (κ1) is 18.7. The number of sulfonamides is 1. The van der Waals surface area contributed by atoms with Crippen molar-refractivity contribution in [2.24, 2.45) is 4.40 Å². The monoisotopic (exact) mass is 489 g/mol. The Morgan fingerprint density at radius 1 is 1.31 bits per heavy atom. The lowest BCUT2D eigenvalue weighted by Crippen LogP contribution is -2.40. The third kappa shape index (κ3) is 3.86. The molecule has 3 N–H and O–H groups in total. The molecule has 0 aromatic heterocycles.